The number of methoxy groups -OCH3 is 2. The number of benzene rings is 2. The van der Waals surface area contributed by atoms with E-state index in [-0.39, 0.29) is 12.0 Å². The van der Waals surface area contributed by atoms with Crippen LogP contribution in [0.3, 0.4) is 0 Å². The van der Waals surface area contributed by atoms with E-state index in [1.165, 1.54) is 5.56 Å². The van der Waals surface area contributed by atoms with Crippen LogP contribution < -0.4 is 14.8 Å². The Morgan fingerprint density at radius 1 is 1.03 bits per heavy atom. The second-order valence-electron chi connectivity index (χ2n) is 8.56. The molecule has 0 aromatic heterocycles. The first-order valence-electron chi connectivity index (χ1n) is 11.1. The summed E-state index contributed by atoms with van der Waals surface area (Å²) in [7, 11) is 3.30. The molecule has 8 heteroatoms. The molecule has 1 N–H and O–H groups in total. The zero-order valence-corrected chi connectivity index (χ0v) is 19.3. The highest BCUT2D eigenvalue weighted by Gasteiger charge is 2.40. The Morgan fingerprint density at radius 2 is 1.72 bits per heavy atom. The second-order valence-corrected chi connectivity index (χ2v) is 9.00. The monoisotopic (exact) mass is 456 g/mol. The van der Waals surface area contributed by atoms with E-state index in [9.17, 15) is 0 Å². The number of hydrogen-bond donors (Lipinski definition) is 1. The van der Waals surface area contributed by atoms with Crippen molar-refractivity contribution in [1.29, 1.82) is 0 Å². The first-order valence-corrected chi connectivity index (χ1v) is 11.5. The van der Waals surface area contributed by atoms with Crippen LogP contribution in [0.4, 0.5) is 5.69 Å². The number of ether oxygens (including phenoxy) is 2. The van der Waals surface area contributed by atoms with Crippen LogP contribution >= 0.6 is 11.6 Å². The van der Waals surface area contributed by atoms with Gasteiger partial charge in [0.25, 0.3) is 0 Å². The Kier molecular flexibility index (Phi) is 6.13. The highest BCUT2D eigenvalue weighted by atomic mass is 35.5. The maximum Gasteiger partial charge on any atom is 0.162 e. The fourth-order valence-electron chi connectivity index (χ4n) is 4.77. The molecule has 3 heterocycles. The molecule has 2 aromatic rings. The van der Waals surface area contributed by atoms with Gasteiger partial charge in [-0.15, -0.1) is 0 Å². The maximum absolute atomic E-state index is 6.00. The van der Waals surface area contributed by atoms with Gasteiger partial charge < -0.3 is 19.6 Å². The van der Waals surface area contributed by atoms with Gasteiger partial charge in [0.15, 0.2) is 11.5 Å². The van der Waals surface area contributed by atoms with E-state index < -0.39 is 0 Å². The Morgan fingerprint density at radius 3 is 2.44 bits per heavy atom. The minimum Gasteiger partial charge on any atom is -0.493 e. The van der Waals surface area contributed by atoms with Crippen molar-refractivity contribution < 1.29 is 14.3 Å². The molecule has 3 aliphatic rings. The molecule has 0 amide bonds. The summed E-state index contributed by atoms with van der Waals surface area (Å²) in [5, 5.41) is 8.81. The Balaban J connectivity index is 1.18. The van der Waals surface area contributed by atoms with Crippen LogP contribution in [0.5, 0.6) is 11.5 Å². The lowest BCUT2D eigenvalue weighted by atomic mass is 9.87. The predicted molar refractivity (Wildman–Crippen MR) is 126 cm³/mol. The molecule has 0 radical (unpaired) electrons. The molecule has 3 aliphatic heterocycles. The summed E-state index contributed by atoms with van der Waals surface area (Å²) in [6.07, 6.45) is 0.0570. The number of piperazine rings is 1. The molecule has 32 heavy (non-hydrogen) atoms. The van der Waals surface area contributed by atoms with E-state index in [0.29, 0.717) is 11.5 Å². The highest BCUT2D eigenvalue weighted by molar-refractivity contribution is 6.30. The molecule has 0 saturated carbocycles. The van der Waals surface area contributed by atoms with Crippen LogP contribution in [0.15, 0.2) is 41.6 Å². The van der Waals surface area contributed by atoms with Crippen molar-refractivity contribution in [2.45, 2.75) is 12.6 Å². The summed E-state index contributed by atoms with van der Waals surface area (Å²) < 4.78 is 10.9. The van der Waals surface area contributed by atoms with Gasteiger partial charge in [-0.25, -0.2) is 0 Å². The third-order valence-corrected chi connectivity index (χ3v) is 6.87. The van der Waals surface area contributed by atoms with Crippen molar-refractivity contribution in [1.82, 2.24) is 9.80 Å². The van der Waals surface area contributed by atoms with Gasteiger partial charge in [-0.1, -0.05) is 28.9 Å². The van der Waals surface area contributed by atoms with Gasteiger partial charge in [-0.05, 0) is 23.8 Å². The van der Waals surface area contributed by atoms with E-state index in [0.717, 1.165) is 67.8 Å². The van der Waals surface area contributed by atoms with Crippen molar-refractivity contribution in [2.75, 3.05) is 58.8 Å². The average molecular weight is 457 g/mol. The summed E-state index contributed by atoms with van der Waals surface area (Å²) in [5.41, 5.74) is 4.36. The van der Waals surface area contributed by atoms with Gasteiger partial charge >= 0.3 is 0 Å². The first kappa shape index (κ1) is 21.4. The Bertz CT molecular complexity index is 989. The van der Waals surface area contributed by atoms with Crippen molar-refractivity contribution in [2.24, 2.45) is 11.1 Å². The van der Waals surface area contributed by atoms with Crippen LogP contribution in [0.1, 0.15) is 11.1 Å². The molecular weight excluding hydrogens is 428 g/mol. The molecule has 2 atom stereocenters. The lowest BCUT2D eigenvalue weighted by Crippen LogP contribution is -2.50. The molecule has 7 nitrogen and oxygen atoms in total. The molecule has 0 unspecified atom stereocenters. The van der Waals surface area contributed by atoms with E-state index >= 15 is 0 Å². The summed E-state index contributed by atoms with van der Waals surface area (Å²) >= 11 is 6.00. The zero-order valence-electron chi connectivity index (χ0n) is 18.5. The molecule has 0 bridgehead atoms. The standard InChI is InChI=1S/C24H29ClN4O3/c1-30-21-11-18-20(12-22(21)31-2)26-13-19-23(32-27-24(18)19)15-29-9-7-28(8-10-29)14-16-3-5-17(25)6-4-16/h3-6,11-12,19,23,26H,7-10,13-15H2,1-2H3/t19-,23-/m0/s1. The molecule has 0 spiro atoms. The van der Waals surface area contributed by atoms with Crippen LogP contribution in [0.25, 0.3) is 0 Å². The van der Waals surface area contributed by atoms with Crippen molar-refractivity contribution in [3.8, 4) is 11.5 Å². The molecule has 1 saturated heterocycles. The van der Waals surface area contributed by atoms with Crippen LogP contribution in [-0.2, 0) is 11.4 Å². The maximum atomic E-state index is 6.00. The molecule has 2 aromatic carbocycles. The number of anilines is 1. The second kappa shape index (κ2) is 9.17. The van der Waals surface area contributed by atoms with E-state index in [4.69, 9.17) is 25.9 Å². The number of halogens is 1. The van der Waals surface area contributed by atoms with Gasteiger partial charge in [-0.3, -0.25) is 9.80 Å². The molecule has 1 fully saturated rings. The van der Waals surface area contributed by atoms with E-state index in [1.807, 2.05) is 24.3 Å². The van der Waals surface area contributed by atoms with E-state index in [2.05, 4.69) is 32.4 Å². The minimum absolute atomic E-state index is 0.0570. The van der Waals surface area contributed by atoms with Gasteiger partial charge in [0.1, 0.15) is 6.10 Å². The summed E-state index contributed by atoms with van der Waals surface area (Å²) in [6.45, 7) is 6.82. The number of nitrogens with one attached hydrogen (secondary N) is 1. The topological polar surface area (TPSA) is 58.6 Å². The predicted octanol–water partition coefficient (Wildman–Crippen LogP) is 3.32. The van der Waals surface area contributed by atoms with Gasteiger partial charge in [0.05, 0.1) is 25.8 Å². The zero-order chi connectivity index (χ0) is 22.1. The van der Waals surface area contributed by atoms with Crippen molar-refractivity contribution >= 4 is 23.0 Å². The Labute approximate surface area is 193 Å². The van der Waals surface area contributed by atoms with E-state index in [1.54, 1.807) is 14.2 Å². The minimum atomic E-state index is 0.0570. The van der Waals surface area contributed by atoms with Crippen molar-refractivity contribution in [3.05, 3.63) is 52.5 Å². The fraction of sp³-hybridized carbons (Fsp3) is 0.458. The highest BCUT2D eigenvalue weighted by Crippen LogP contribution is 2.39. The van der Waals surface area contributed by atoms with Gasteiger partial charge in [0, 0.05) is 68.2 Å². The fourth-order valence-corrected chi connectivity index (χ4v) is 4.89. The summed E-state index contributed by atoms with van der Waals surface area (Å²) in [4.78, 5) is 10.9. The smallest absolute Gasteiger partial charge is 0.162 e. The van der Waals surface area contributed by atoms with Crippen molar-refractivity contribution in [3.63, 3.8) is 0 Å². The third kappa shape index (κ3) is 4.25. The first-order chi connectivity index (χ1) is 15.6. The quantitative estimate of drug-likeness (QED) is 0.719. The van der Waals surface area contributed by atoms with Crippen LogP contribution in [0.2, 0.25) is 5.02 Å². The summed E-state index contributed by atoms with van der Waals surface area (Å²) in [5.74, 6) is 1.65. The normalized spacial score (nSPS) is 22.9. The Hall–Kier alpha value is -2.48. The number of hydrogen-bond acceptors (Lipinski definition) is 7. The third-order valence-electron chi connectivity index (χ3n) is 6.62. The molecule has 170 valence electrons. The lowest BCUT2D eigenvalue weighted by molar-refractivity contribution is 0.0184. The summed E-state index contributed by atoms with van der Waals surface area (Å²) in [6, 6.07) is 12.1. The average Bonchev–Trinajstić information content (AvgIpc) is 3.24. The van der Waals surface area contributed by atoms with Crippen LogP contribution in [0, 0.1) is 5.92 Å². The molecular formula is C24H29ClN4O3. The van der Waals surface area contributed by atoms with Gasteiger partial charge in [-0.2, -0.15) is 0 Å². The lowest BCUT2D eigenvalue weighted by Gasteiger charge is -2.36. The van der Waals surface area contributed by atoms with Crippen LogP contribution in [-0.4, -0.2) is 75.1 Å². The largest absolute Gasteiger partial charge is 0.493 e. The number of nitrogens with zero attached hydrogens (tertiary/aromatic N) is 3. The SMILES string of the molecule is COc1cc2c(cc1OC)C1=NO[C@@H](CN3CCN(Cc4ccc(Cl)cc4)CC3)[C@@H]1CN2. The number of oxime groups is 1. The van der Waals surface area contributed by atoms with Gasteiger partial charge in [0.2, 0.25) is 0 Å². The number of fused-ring (bicyclic) bond motifs is 3. The molecule has 0 aliphatic carbocycles. The number of rotatable bonds is 6. The molecule has 5 rings (SSSR count).